The van der Waals surface area contributed by atoms with Gasteiger partial charge in [-0.05, 0) is 12.1 Å². The minimum absolute atomic E-state index is 0.112. The zero-order chi connectivity index (χ0) is 10.7. The van der Waals surface area contributed by atoms with Gasteiger partial charge in [0.25, 0.3) is 5.76 Å². The van der Waals surface area contributed by atoms with Gasteiger partial charge in [0.15, 0.2) is 0 Å². The molecule has 0 atom stereocenters. The molecule has 0 aliphatic heterocycles. The van der Waals surface area contributed by atoms with E-state index >= 15 is 0 Å². The quantitative estimate of drug-likeness (QED) is 0.731. The summed E-state index contributed by atoms with van der Waals surface area (Å²) in [6.07, 6.45) is 4.21. The Hall–Kier alpha value is -2.37. The maximum Gasteiger partial charge on any atom is 0.384 e. The number of aromatic nitrogens is 2. The van der Waals surface area contributed by atoms with Crippen LogP contribution in [0.2, 0.25) is 0 Å². The molecule has 2 heterocycles. The van der Waals surface area contributed by atoms with Crippen LogP contribution in [0.15, 0.2) is 35.2 Å². The molecule has 0 spiro atoms. The van der Waals surface area contributed by atoms with Crippen molar-refractivity contribution in [3.05, 3.63) is 36.5 Å². The zero-order valence-corrected chi connectivity index (χ0v) is 7.58. The van der Waals surface area contributed by atoms with Gasteiger partial charge in [-0.3, -0.25) is 4.98 Å². The van der Waals surface area contributed by atoms with Crippen LogP contribution in [0.5, 0.6) is 5.75 Å². The molecule has 0 saturated heterocycles. The second kappa shape index (κ2) is 3.79. The molecule has 0 aliphatic carbocycles. The molecule has 6 heteroatoms. The molecule has 0 saturated carbocycles. The highest BCUT2D eigenvalue weighted by Gasteiger charge is 2.17. The molecular weight excluding hydrogens is 198 g/mol. The number of hydrogen-bond acceptors (Lipinski definition) is 6. The molecule has 15 heavy (non-hydrogen) atoms. The SMILES string of the molecule is Nc1cnoc1C(=O)Oc1cccnc1. The van der Waals surface area contributed by atoms with Gasteiger partial charge in [-0.2, -0.15) is 0 Å². The minimum Gasteiger partial charge on any atom is -0.419 e. The lowest BCUT2D eigenvalue weighted by atomic mass is 10.4. The van der Waals surface area contributed by atoms with E-state index in [9.17, 15) is 4.79 Å². The highest BCUT2D eigenvalue weighted by molar-refractivity contribution is 5.92. The smallest absolute Gasteiger partial charge is 0.384 e. The van der Waals surface area contributed by atoms with E-state index in [0.29, 0.717) is 5.75 Å². The number of esters is 1. The first-order valence-corrected chi connectivity index (χ1v) is 4.10. The van der Waals surface area contributed by atoms with Gasteiger partial charge in [0.2, 0.25) is 0 Å². The number of nitrogen functional groups attached to an aromatic ring is 1. The third kappa shape index (κ3) is 1.93. The molecule has 0 fully saturated rings. The Morgan fingerprint density at radius 3 is 2.93 bits per heavy atom. The predicted molar refractivity (Wildman–Crippen MR) is 50.1 cm³/mol. The average molecular weight is 205 g/mol. The van der Waals surface area contributed by atoms with Gasteiger partial charge in [-0.15, -0.1) is 0 Å². The average Bonchev–Trinajstić information content (AvgIpc) is 2.66. The molecule has 0 amide bonds. The third-order valence-corrected chi connectivity index (χ3v) is 1.63. The van der Waals surface area contributed by atoms with Crippen molar-refractivity contribution in [2.24, 2.45) is 0 Å². The van der Waals surface area contributed by atoms with Crippen LogP contribution in [0.3, 0.4) is 0 Å². The van der Waals surface area contributed by atoms with Crippen molar-refractivity contribution in [3.8, 4) is 5.75 Å². The highest BCUT2D eigenvalue weighted by Crippen LogP contribution is 2.14. The fourth-order valence-corrected chi connectivity index (χ4v) is 0.963. The molecule has 2 aromatic heterocycles. The minimum atomic E-state index is -0.696. The topological polar surface area (TPSA) is 91.2 Å². The van der Waals surface area contributed by atoms with Crippen molar-refractivity contribution in [1.82, 2.24) is 10.1 Å². The first kappa shape index (κ1) is 9.20. The van der Waals surface area contributed by atoms with Crippen LogP contribution >= 0.6 is 0 Å². The van der Waals surface area contributed by atoms with Gasteiger partial charge in [0.05, 0.1) is 12.4 Å². The first-order valence-electron chi connectivity index (χ1n) is 4.10. The number of anilines is 1. The molecule has 0 unspecified atom stereocenters. The van der Waals surface area contributed by atoms with E-state index in [1.807, 2.05) is 0 Å². The summed E-state index contributed by atoms with van der Waals surface area (Å²) in [6, 6.07) is 3.24. The second-order valence-corrected chi connectivity index (χ2v) is 2.69. The fraction of sp³-hybridized carbons (Fsp3) is 0. The van der Waals surface area contributed by atoms with Crippen molar-refractivity contribution in [2.45, 2.75) is 0 Å². The van der Waals surface area contributed by atoms with Crippen LogP contribution in [0.25, 0.3) is 0 Å². The van der Waals surface area contributed by atoms with E-state index in [-0.39, 0.29) is 11.4 Å². The number of pyridine rings is 1. The molecule has 2 aromatic rings. The summed E-state index contributed by atoms with van der Waals surface area (Å²) >= 11 is 0. The van der Waals surface area contributed by atoms with Crippen LogP contribution < -0.4 is 10.5 Å². The third-order valence-electron chi connectivity index (χ3n) is 1.63. The molecule has 0 radical (unpaired) electrons. The summed E-state index contributed by atoms with van der Waals surface area (Å²) in [5.74, 6) is -0.491. The first-order chi connectivity index (χ1) is 7.27. The number of ether oxygens (including phenoxy) is 1. The number of carbonyl (C=O) groups is 1. The second-order valence-electron chi connectivity index (χ2n) is 2.69. The van der Waals surface area contributed by atoms with Gasteiger partial charge in [0, 0.05) is 6.20 Å². The summed E-state index contributed by atoms with van der Waals surface area (Å²) in [4.78, 5) is 15.2. The van der Waals surface area contributed by atoms with Crippen LogP contribution in [0.1, 0.15) is 10.6 Å². The van der Waals surface area contributed by atoms with Gasteiger partial charge in [0.1, 0.15) is 11.4 Å². The molecule has 2 N–H and O–H groups in total. The van der Waals surface area contributed by atoms with Crippen LogP contribution in [0.4, 0.5) is 5.69 Å². The fourth-order valence-electron chi connectivity index (χ4n) is 0.963. The Balaban J connectivity index is 2.15. The van der Waals surface area contributed by atoms with Crippen LogP contribution in [0, 0.1) is 0 Å². The van der Waals surface area contributed by atoms with E-state index < -0.39 is 5.97 Å². The Morgan fingerprint density at radius 1 is 1.47 bits per heavy atom. The van der Waals surface area contributed by atoms with E-state index in [0.717, 1.165) is 0 Å². The van der Waals surface area contributed by atoms with E-state index in [1.54, 1.807) is 18.3 Å². The Labute approximate surface area is 84.7 Å². The summed E-state index contributed by atoms with van der Waals surface area (Å²) in [5, 5.41) is 3.37. The maximum absolute atomic E-state index is 11.4. The van der Waals surface area contributed by atoms with Crippen LogP contribution in [-0.4, -0.2) is 16.1 Å². The Bertz CT molecular complexity index is 466. The molecule has 0 aromatic carbocycles. The number of rotatable bonds is 2. The van der Waals surface area contributed by atoms with Crippen molar-refractivity contribution < 1.29 is 14.1 Å². The Morgan fingerprint density at radius 2 is 2.33 bits per heavy atom. The largest absolute Gasteiger partial charge is 0.419 e. The summed E-state index contributed by atoms with van der Waals surface area (Å²) < 4.78 is 9.55. The normalized spacial score (nSPS) is 9.87. The molecule has 2 rings (SSSR count). The van der Waals surface area contributed by atoms with Gasteiger partial charge >= 0.3 is 5.97 Å². The van der Waals surface area contributed by atoms with Crippen molar-refractivity contribution >= 4 is 11.7 Å². The van der Waals surface area contributed by atoms with Gasteiger partial charge in [-0.1, -0.05) is 5.16 Å². The van der Waals surface area contributed by atoms with Gasteiger partial charge in [-0.25, -0.2) is 4.79 Å². The lowest BCUT2D eigenvalue weighted by Crippen LogP contribution is -2.09. The number of carbonyl (C=O) groups excluding carboxylic acids is 1. The predicted octanol–water partition coefficient (Wildman–Crippen LogP) is 0.871. The molecular formula is C9H7N3O3. The molecule has 6 nitrogen and oxygen atoms in total. The van der Waals surface area contributed by atoms with Crippen molar-refractivity contribution in [2.75, 3.05) is 5.73 Å². The lowest BCUT2D eigenvalue weighted by Gasteiger charge is -2.00. The molecule has 0 bridgehead atoms. The van der Waals surface area contributed by atoms with E-state index in [1.165, 1.54) is 12.4 Å². The molecule has 76 valence electrons. The summed E-state index contributed by atoms with van der Waals surface area (Å²) in [7, 11) is 0. The van der Waals surface area contributed by atoms with E-state index in [4.69, 9.17) is 10.5 Å². The van der Waals surface area contributed by atoms with Crippen LogP contribution in [-0.2, 0) is 0 Å². The van der Waals surface area contributed by atoms with Crippen molar-refractivity contribution in [1.29, 1.82) is 0 Å². The highest BCUT2D eigenvalue weighted by atomic mass is 16.6. The summed E-state index contributed by atoms with van der Waals surface area (Å²) in [5.41, 5.74) is 5.56. The van der Waals surface area contributed by atoms with Gasteiger partial charge < -0.3 is 15.0 Å². The zero-order valence-electron chi connectivity index (χ0n) is 7.58. The number of nitrogens with zero attached hydrogens (tertiary/aromatic N) is 2. The Kier molecular flexibility index (Phi) is 2.32. The van der Waals surface area contributed by atoms with Crippen molar-refractivity contribution in [3.63, 3.8) is 0 Å². The monoisotopic (exact) mass is 205 g/mol. The lowest BCUT2D eigenvalue weighted by molar-refractivity contribution is 0.0692. The summed E-state index contributed by atoms with van der Waals surface area (Å²) in [6.45, 7) is 0. The number of nitrogens with two attached hydrogens (primary N) is 1. The number of hydrogen-bond donors (Lipinski definition) is 1. The standard InChI is InChI=1S/C9H7N3O3/c10-7-5-12-15-8(7)9(13)14-6-2-1-3-11-4-6/h1-5H,10H2. The molecule has 0 aliphatic rings. The van der Waals surface area contributed by atoms with E-state index in [2.05, 4.69) is 14.7 Å². The maximum atomic E-state index is 11.4.